The minimum absolute atomic E-state index is 0.0436. The Morgan fingerprint density at radius 2 is 2.53 bits per heavy atom. The van der Waals surface area contributed by atoms with Gasteiger partial charge in [0.1, 0.15) is 0 Å². The summed E-state index contributed by atoms with van der Waals surface area (Å²) in [5.41, 5.74) is 0. The Hall–Kier alpha value is -0.880. The van der Waals surface area contributed by atoms with E-state index in [1.54, 1.807) is 10.9 Å². The van der Waals surface area contributed by atoms with Gasteiger partial charge in [0.15, 0.2) is 6.10 Å². The predicted molar refractivity (Wildman–Crippen MR) is 55.5 cm³/mol. The molecule has 15 heavy (non-hydrogen) atoms. The van der Waals surface area contributed by atoms with Crippen LogP contribution in [0.3, 0.4) is 0 Å². The standard InChI is InChI=1S/C9H11BrN2O3/c10-6-3-11-12(4-6)5-7-1-2-8(15-7)9(13)14/h3-4,7-8H,1-2,5H2,(H,13,14). The van der Waals surface area contributed by atoms with Crippen molar-refractivity contribution in [3.63, 3.8) is 0 Å². The van der Waals surface area contributed by atoms with E-state index in [1.807, 2.05) is 6.20 Å². The lowest BCUT2D eigenvalue weighted by Crippen LogP contribution is -2.23. The number of carboxylic acid groups (broad SMARTS) is 1. The molecule has 1 N–H and O–H groups in total. The van der Waals surface area contributed by atoms with Crippen molar-refractivity contribution in [3.8, 4) is 0 Å². The minimum Gasteiger partial charge on any atom is -0.479 e. The zero-order valence-corrected chi connectivity index (χ0v) is 9.55. The Kier molecular flexibility index (Phi) is 3.06. The minimum atomic E-state index is -0.876. The number of halogens is 1. The molecular formula is C9H11BrN2O3. The Morgan fingerprint density at radius 3 is 3.07 bits per heavy atom. The maximum absolute atomic E-state index is 10.6. The summed E-state index contributed by atoms with van der Waals surface area (Å²) in [4.78, 5) is 10.6. The highest BCUT2D eigenvalue weighted by Gasteiger charge is 2.30. The van der Waals surface area contributed by atoms with Gasteiger partial charge >= 0.3 is 5.97 Å². The average molecular weight is 275 g/mol. The van der Waals surface area contributed by atoms with Crippen LogP contribution in [0.15, 0.2) is 16.9 Å². The van der Waals surface area contributed by atoms with Gasteiger partial charge in [-0.05, 0) is 28.8 Å². The summed E-state index contributed by atoms with van der Waals surface area (Å²) in [5.74, 6) is -0.876. The van der Waals surface area contributed by atoms with E-state index in [0.29, 0.717) is 13.0 Å². The van der Waals surface area contributed by atoms with Gasteiger partial charge in [-0.25, -0.2) is 4.79 Å². The van der Waals surface area contributed by atoms with Crippen LogP contribution in [0.5, 0.6) is 0 Å². The van der Waals surface area contributed by atoms with Gasteiger partial charge in [-0.1, -0.05) is 0 Å². The molecule has 0 radical (unpaired) electrons. The molecule has 2 rings (SSSR count). The van der Waals surface area contributed by atoms with Gasteiger partial charge in [-0.15, -0.1) is 0 Å². The van der Waals surface area contributed by atoms with E-state index >= 15 is 0 Å². The molecule has 0 amide bonds. The van der Waals surface area contributed by atoms with Crippen LogP contribution < -0.4 is 0 Å². The Balaban J connectivity index is 1.90. The van der Waals surface area contributed by atoms with E-state index in [0.717, 1.165) is 10.9 Å². The van der Waals surface area contributed by atoms with E-state index in [2.05, 4.69) is 21.0 Å². The molecule has 2 unspecified atom stereocenters. The molecule has 0 aromatic carbocycles. The SMILES string of the molecule is O=C(O)C1CCC(Cn2cc(Br)cn2)O1. The molecule has 1 aromatic rings. The quantitative estimate of drug-likeness (QED) is 0.902. The van der Waals surface area contributed by atoms with Crippen LogP contribution in [0.1, 0.15) is 12.8 Å². The van der Waals surface area contributed by atoms with Crippen molar-refractivity contribution < 1.29 is 14.6 Å². The molecule has 1 aliphatic rings. The normalized spacial score (nSPS) is 25.7. The molecule has 1 saturated heterocycles. The first kappa shape index (κ1) is 10.6. The third kappa shape index (κ3) is 2.57. The molecule has 0 aliphatic carbocycles. The van der Waals surface area contributed by atoms with Gasteiger partial charge in [0.05, 0.1) is 23.3 Å². The van der Waals surface area contributed by atoms with Gasteiger partial charge < -0.3 is 9.84 Å². The van der Waals surface area contributed by atoms with Crippen LogP contribution in [0.4, 0.5) is 0 Å². The number of nitrogens with zero attached hydrogens (tertiary/aromatic N) is 2. The number of hydrogen-bond acceptors (Lipinski definition) is 3. The smallest absolute Gasteiger partial charge is 0.332 e. The molecule has 1 fully saturated rings. The second kappa shape index (κ2) is 4.32. The molecule has 1 aromatic heterocycles. The maximum Gasteiger partial charge on any atom is 0.332 e. The third-order valence-electron chi connectivity index (χ3n) is 2.38. The molecule has 1 aliphatic heterocycles. The molecule has 0 bridgehead atoms. The van der Waals surface area contributed by atoms with Crippen LogP contribution in [0.2, 0.25) is 0 Å². The van der Waals surface area contributed by atoms with Crippen molar-refractivity contribution in [3.05, 3.63) is 16.9 Å². The first-order valence-electron chi connectivity index (χ1n) is 4.71. The number of aromatic nitrogens is 2. The molecule has 6 heteroatoms. The van der Waals surface area contributed by atoms with E-state index < -0.39 is 12.1 Å². The fraction of sp³-hybridized carbons (Fsp3) is 0.556. The molecule has 2 atom stereocenters. The summed E-state index contributed by atoms with van der Waals surface area (Å²) in [6.45, 7) is 0.607. The number of ether oxygens (including phenoxy) is 1. The summed E-state index contributed by atoms with van der Waals surface area (Å²) >= 11 is 3.30. The molecule has 5 nitrogen and oxygen atoms in total. The predicted octanol–water partition coefficient (Wildman–Crippen LogP) is 1.28. The maximum atomic E-state index is 10.6. The van der Waals surface area contributed by atoms with Crippen molar-refractivity contribution in [2.45, 2.75) is 31.6 Å². The largest absolute Gasteiger partial charge is 0.479 e. The Morgan fingerprint density at radius 1 is 1.73 bits per heavy atom. The zero-order valence-electron chi connectivity index (χ0n) is 7.97. The van der Waals surface area contributed by atoms with Gasteiger partial charge in [0.25, 0.3) is 0 Å². The molecule has 2 heterocycles. The third-order valence-corrected chi connectivity index (χ3v) is 2.78. The van der Waals surface area contributed by atoms with Crippen molar-refractivity contribution in [2.24, 2.45) is 0 Å². The molecule has 0 spiro atoms. The Bertz CT molecular complexity index is 366. The highest BCUT2D eigenvalue weighted by molar-refractivity contribution is 9.10. The average Bonchev–Trinajstić information content (AvgIpc) is 2.76. The fourth-order valence-corrected chi connectivity index (χ4v) is 2.00. The molecule has 0 saturated carbocycles. The first-order valence-corrected chi connectivity index (χ1v) is 5.50. The Labute approximate surface area is 95.2 Å². The summed E-state index contributed by atoms with van der Waals surface area (Å²) in [6, 6.07) is 0. The fourth-order valence-electron chi connectivity index (χ4n) is 1.67. The second-order valence-electron chi connectivity index (χ2n) is 3.54. The van der Waals surface area contributed by atoms with Crippen LogP contribution in [-0.4, -0.2) is 33.1 Å². The number of hydrogen-bond donors (Lipinski definition) is 1. The first-order chi connectivity index (χ1) is 7.15. The summed E-state index contributed by atoms with van der Waals surface area (Å²) in [6.07, 6.45) is 4.21. The molecule has 82 valence electrons. The highest BCUT2D eigenvalue weighted by atomic mass is 79.9. The van der Waals surface area contributed by atoms with Crippen molar-refractivity contribution in [1.82, 2.24) is 9.78 Å². The number of aliphatic carboxylic acids is 1. The van der Waals surface area contributed by atoms with Gasteiger partial charge in [0.2, 0.25) is 0 Å². The highest BCUT2D eigenvalue weighted by Crippen LogP contribution is 2.21. The van der Waals surface area contributed by atoms with Crippen LogP contribution >= 0.6 is 15.9 Å². The number of rotatable bonds is 3. The van der Waals surface area contributed by atoms with Crippen LogP contribution in [-0.2, 0) is 16.1 Å². The molecular weight excluding hydrogens is 264 g/mol. The van der Waals surface area contributed by atoms with Gasteiger partial charge in [-0.3, -0.25) is 4.68 Å². The van der Waals surface area contributed by atoms with E-state index in [1.165, 1.54) is 0 Å². The van der Waals surface area contributed by atoms with Gasteiger partial charge in [0, 0.05) is 6.20 Å². The van der Waals surface area contributed by atoms with E-state index in [-0.39, 0.29) is 6.10 Å². The summed E-state index contributed by atoms with van der Waals surface area (Å²) in [5, 5.41) is 12.8. The van der Waals surface area contributed by atoms with E-state index in [9.17, 15) is 4.79 Å². The second-order valence-corrected chi connectivity index (χ2v) is 4.46. The number of carboxylic acids is 1. The van der Waals surface area contributed by atoms with Gasteiger partial charge in [-0.2, -0.15) is 5.10 Å². The monoisotopic (exact) mass is 274 g/mol. The summed E-state index contributed by atoms with van der Waals surface area (Å²) in [7, 11) is 0. The van der Waals surface area contributed by atoms with Crippen molar-refractivity contribution >= 4 is 21.9 Å². The topological polar surface area (TPSA) is 64.3 Å². The number of carbonyl (C=O) groups is 1. The lowest BCUT2D eigenvalue weighted by molar-refractivity contribution is -0.149. The zero-order chi connectivity index (χ0) is 10.8. The van der Waals surface area contributed by atoms with E-state index in [4.69, 9.17) is 9.84 Å². The lowest BCUT2D eigenvalue weighted by Gasteiger charge is -2.10. The van der Waals surface area contributed by atoms with Crippen LogP contribution in [0.25, 0.3) is 0 Å². The summed E-state index contributed by atoms with van der Waals surface area (Å²) < 4.78 is 8.02. The van der Waals surface area contributed by atoms with Crippen molar-refractivity contribution in [1.29, 1.82) is 0 Å². The lowest BCUT2D eigenvalue weighted by atomic mass is 10.2. The van der Waals surface area contributed by atoms with Crippen LogP contribution in [0, 0.1) is 0 Å². The van der Waals surface area contributed by atoms with Crippen molar-refractivity contribution in [2.75, 3.05) is 0 Å².